The molecule has 0 spiro atoms. The largest absolute Gasteiger partial charge is 0.465 e. The van der Waals surface area contributed by atoms with Crippen LogP contribution < -0.4 is 0 Å². The summed E-state index contributed by atoms with van der Waals surface area (Å²) in [7, 11) is 1.38. The monoisotopic (exact) mass is 313 g/mol. The number of carbonyl (C=O) groups is 1. The van der Waals surface area contributed by atoms with Crippen molar-refractivity contribution in [1.29, 1.82) is 5.26 Å². The van der Waals surface area contributed by atoms with E-state index in [1.807, 2.05) is 54.6 Å². The van der Waals surface area contributed by atoms with Crippen LogP contribution in [-0.2, 0) is 4.74 Å². The van der Waals surface area contributed by atoms with Crippen molar-refractivity contribution < 1.29 is 9.53 Å². The Bertz CT molecular complexity index is 963. The molecule has 0 saturated heterocycles. The lowest BCUT2D eigenvalue weighted by Crippen LogP contribution is -2.02. The Morgan fingerprint density at radius 3 is 2.33 bits per heavy atom. The van der Waals surface area contributed by atoms with E-state index in [2.05, 4.69) is 6.07 Å². The Balaban J connectivity index is 2.02. The molecule has 24 heavy (non-hydrogen) atoms. The Morgan fingerprint density at radius 2 is 1.67 bits per heavy atom. The van der Waals surface area contributed by atoms with Gasteiger partial charge in [0, 0.05) is 0 Å². The van der Waals surface area contributed by atoms with Gasteiger partial charge in [-0.1, -0.05) is 54.6 Å². The highest BCUT2D eigenvalue weighted by Crippen LogP contribution is 2.25. The number of fused-ring (bicyclic) bond motifs is 1. The van der Waals surface area contributed by atoms with Crippen molar-refractivity contribution in [2.45, 2.75) is 0 Å². The summed E-state index contributed by atoms with van der Waals surface area (Å²) >= 11 is 0. The van der Waals surface area contributed by atoms with Crippen molar-refractivity contribution in [3.8, 4) is 6.07 Å². The summed E-state index contributed by atoms with van der Waals surface area (Å²) in [5.74, 6) is -0.339. The lowest BCUT2D eigenvalue weighted by Gasteiger charge is -2.07. The molecule has 0 heterocycles. The Labute approximate surface area is 140 Å². The van der Waals surface area contributed by atoms with Crippen LogP contribution in [0.1, 0.15) is 27.0 Å². The molecule has 0 saturated carbocycles. The molecule has 0 N–H and O–H groups in total. The number of methoxy groups -OCH3 is 1. The topological polar surface area (TPSA) is 50.1 Å². The normalized spacial score (nSPS) is 10.7. The average molecular weight is 313 g/mol. The minimum atomic E-state index is -0.339. The van der Waals surface area contributed by atoms with Crippen LogP contribution in [0.4, 0.5) is 0 Å². The SMILES string of the molecule is COC(=O)c1ccc(/C=C/c2ccc(C#N)cc2)c2ccccc12. The fourth-order valence-corrected chi connectivity index (χ4v) is 2.61. The molecule has 0 aliphatic rings. The molecule has 116 valence electrons. The molecule has 0 amide bonds. The fourth-order valence-electron chi connectivity index (χ4n) is 2.61. The maximum atomic E-state index is 11.9. The van der Waals surface area contributed by atoms with Crippen molar-refractivity contribution in [3.05, 3.63) is 82.9 Å². The van der Waals surface area contributed by atoms with E-state index in [0.29, 0.717) is 11.1 Å². The molecule has 0 bridgehead atoms. The fraction of sp³-hybridized carbons (Fsp3) is 0.0476. The van der Waals surface area contributed by atoms with E-state index in [1.165, 1.54) is 7.11 Å². The predicted octanol–water partition coefficient (Wildman–Crippen LogP) is 4.67. The maximum absolute atomic E-state index is 11.9. The third-order valence-corrected chi connectivity index (χ3v) is 3.86. The van der Waals surface area contributed by atoms with E-state index >= 15 is 0 Å². The first-order valence-corrected chi connectivity index (χ1v) is 7.51. The van der Waals surface area contributed by atoms with Crippen molar-refractivity contribution in [3.63, 3.8) is 0 Å². The van der Waals surface area contributed by atoms with Crippen molar-refractivity contribution in [2.75, 3.05) is 7.11 Å². The van der Waals surface area contributed by atoms with E-state index in [4.69, 9.17) is 10.00 Å². The minimum Gasteiger partial charge on any atom is -0.465 e. The summed E-state index contributed by atoms with van der Waals surface area (Å²) in [4.78, 5) is 11.9. The van der Waals surface area contributed by atoms with E-state index in [-0.39, 0.29) is 5.97 Å². The lowest BCUT2D eigenvalue weighted by molar-refractivity contribution is 0.0603. The van der Waals surface area contributed by atoms with Gasteiger partial charge in [0.2, 0.25) is 0 Å². The molecular weight excluding hydrogens is 298 g/mol. The van der Waals surface area contributed by atoms with Gasteiger partial charge in [0.1, 0.15) is 0 Å². The summed E-state index contributed by atoms with van der Waals surface area (Å²) in [5.41, 5.74) is 3.22. The molecule has 3 heteroatoms. The van der Waals surface area contributed by atoms with Crippen molar-refractivity contribution in [1.82, 2.24) is 0 Å². The van der Waals surface area contributed by atoms with Gasteiger partial charge in [-0.15, -0.1) is 0 Å². The molecule has 3 nitrogen and oxygen atoms in total. The van der Waals surface area contributed by atoms with Crippen molar-refractivity contribution in [2.24, 2.45) is 0 Å². The predicted molar refractivity (Wildman–Crippen MR) is 95.4 cm³/mol. The number of nitrogens with zero attached hydrogens (tertiary/aromatic N) is 1. The van der Waals surface area contributed by atoms with Gasteiger partial charge < -0.3 is 4.74 Å². The number of nitriles is 1. The molecule has 0 radical (unpaired) electrons. The van der Waals surface area contributed by atoms with Crippen LogP contribution in [0.15, 0.2) is 60.7 Å². The molecule has 0 unspecified atom stereocenters. The Kier molecular flexibility index (Phi) is 4.40. The molecule has 0 aromatic heterocycles. The third-order valence-electron chi connectivity index (χ3n) is 3.86. The third kappa shape index (κ3) is 3.04. The molecule has 3 rings (SSSR count). The van der Waals surface area contributed by atoms with Crippen LogP contribution in [-0.4, -0.2) is 13.1 Å². The van der Waals surface area contributed by atoms with Gasteiger partial charge in [0.25, 0.3) is 0 Å². The number of benzene rings is 3. The summed E-state index contributed by atoms with van der Waals surface area (Å²) in [6.45, 7) is 0. The van der Waals surface area contributed by atoms with Crippen LogP contribution in [0.2, 0.25) is 0 Å². The van der Waals surface area contributed by atoms with Crippen LogP contribution in [0.3, 0.4) is 0 Å². The number of ether oxygens (including phenoxy) is 1. The zero-order chi connectivity index (χ0) is 16.9. The summed E-state index contributed by atoms with van der Waals surface area (Å²) in [5, 5.41) is 10.7. The first kappa shape index (κ1) is 15.5. The molecule has 3 aromatic rings. The molecular formula is C21H15NO2. The van der Waals surface area contributed by atoms with Gasteiger partial charge in [0.15, 0.2) is 0 Å². The molecule has 0 atom stereocenters. The molecule has 0 fully saturated rings. The zero-order valence-corrected chi connectivity index (χ0v) is 13.2. The van der Waals surface area contributed by atoms with Crippen LogP contribution in [0.25, 0.3) is 22.9 Å². The number of hydrogen-bond donors (Lipinski definition) is 0. The van der Waals surface area contributed by atoms with Gasteiger partial charge >= 0.3 is 5.97 Å². The number of hydrogen-bond acceptors (Lipinski definition) is 3. The Morgan fingerprint density at radius 1 is 0.958 bits per heavy atom. The Hall–Kier alpha value is -3.38. The van der Waals surface area contributed by atoms with Crippen LogP contribution >= 0.6 is 0 Å². The number of rotatable bonds is 3. The van der Waals surface area contributed by atoms with E-state index in [0.717, 1.165) is 21.9 Å². The van der Waals surface area contributed by atoms with Crippen LogP contribution in [0, 0.1) is 11.3 Å². The highest BCUT2D eigenvalue weighted by Gasteiger charge is 2.11. The molecule has 0 aliphatic heterocycles. The van der Waals surface area contributed by atoms with Gasteiger partial charge in [-0.3, -0.25) is 0 Å². The standard InChI is InChI=1S/C21H15NO2/c1-24-21(23)20-13-12-17(18-4-2-3-5-19(18)20)11-10-15-6-8-16(14-22)9-7-15/h2-13H,1H3/b11-10+. The number of esters is 1. The van der Waals surface area contributed by atoms with Gasteiger partial charge in [-0.2, -0.15) is 5.26 Å². The van der Waals surface area contributed by atoms with Gasteiger partial charge in [-0.25, -0.2) is 4.79 Å². The summed E-state index contributed by atoms with van der Waals surface area (Å²) in [6, 6.07) is 20.9. The molecule has 0 aliphatic carbocycles. The highest BCUT2D eigenvalue weighted by atomic mass is 16.5. The van der Waals surface area contributed by atoms with Crippen molar-refractivity contribution >= 4 is 28.9 Å². The van der Waals surface area contributed by atoms with Crippen LogP contribution in [0.5, 0.6) is 0 Å². The molecule has 3 aromatic carbocycles. The van der Waals surface area contributed by atoms with Gasteiger partial charge in [0.05, 0.1) is 24.3 Å². The zero-order valence-electron chi connectivity index (χ0n) is 13.2. The quantitative estimate of drug-likeness (QED) is 0.521. The second-order valence-electron chi connectivity index (χ2n) is 5.31. The highest BCUT2D eigenvalue weighted by molar-refractivity contribution is 6.07. The van der Waals surface area contributed by atoms with E-state index < -0.39 is 0 Å². The lowest BCUT2D eigenvalue weighted by atomic mass is 9.98. The maximum Gasteiger partial charge on any atom is 0.338 e. The van der Waals surface area contributed by atoms with E-state index in [1.54, 1.807) is 18.2 Å². The second-order valence-corrected chi connectivity index (χ2v) is 5.31. The average Bonchev–Trinajstić information content (AvgIpc) is 2.65. The number of carbonyl (C=O) groups excluding carboxylic acids is 1. The first-order valence-electron chi connectivity index (χ1n) is 7.51. The van der Waals surface area contributed by atoms with E-state index in [9.17, 15) is 4.79 Å². The van der Waals surface area contributed by atoms with Gasteiger partial charge in [-0.05, 0) is 40.1 Å². The summed E-state index contributed by atoms with van der Waals surface area (Å²) < 4.78 is 4.85. The summed E-state index contributed by atoms with van der Waals surface area (Å²) in [6.07, 6.45) is 3.99. The minimum absolute atomic E-state index is 0.339. The second kappa shape index (κ2) is 6.80. The smallest absolute Gasteiger partial charge is 0.338 e. The first-order chi connectivity index (χ1) is 11.7.